The van der Waals surface area contributed by atoms with Crippen LogP contribution in [0.5, 0.6) is 11.5 Å². The highest BCUT2D eigenvalue weighted by molar-refractivity contribution is 7.92. The van der Waals surface area contributed by atoms with Gasteiger partial charge in [-0.05, 0) is 57.0 Å². The molecule has 3 aromatic carbocycles. The van der Waals surface area contributed by atoms with E-state index >= 15 is 0 Å². The van der Waals surface area contributed by atoms with Crippen LogP contribution in [0.15, 0.2) is 77.7 Å². The third-order valence-corrected chi connectivity index (χ3v) is 7.29. The van der Waals surface area contributed by atoms with E-state index in [-0.39, 0.29) is 10.6 Å². The summed E-state index contributed by atoms with van der Waals surface area (Å²) in [6, 6.07) is 21.1. The second kappa shape index (κ2) is 10.8. The Morgan fingerprint density at radius 2 is 1.60 bits per heavy atom. The van der Waals surface area contributed by atoms with E-state index in [0.29, 0.717) is 17.9 Å². The number of rotatable bonds is 10. The SMILES string of the molecule is COc1ccc(OC)c(N(CC(=O)NC(C)(C)Cc2ccccc2)S(=O)(=O)c2ccc(C)cc2)c1. The number of carbonyl (C=O) groups is 1. The van der Waals surface area contributed by atoms with E-state index in [9.17, 15) is 13.2 Å². The van der Waals surface area contributed by atoms with Gasteiger partial charge in [-0.1, -0.05) is 48.0 Å². The van der Waals surface area contributed by atoms with Crippen LogP contribution in [0.4, 0.5) is 5.69 Å². The number of hydrogen-bond donors (Lipinski definition) is 1. The molecule has 0 aliphatic heterocycles. The summed E-state index contributed by atoms with van der Waals surface area (Å²) in [5.41, 5.74) is 1.60. The zero-order chi connectivity index (χ0) is 25.6. The average molecular weight is 497 g/mol. The van der Waals surface area contributed by atoms with Crippen LogP contribution in [0.2, 0.25) is 0 Å². The lowest BCUT2D eigenvalue weighted by molar-refractivity contribution is -0.121. The number of sulfonamides is 1. The van der Waals surface area contributed by atoms with E-state index in [1.165, 1.54) is 26.4 Å². The van der Waals surface area contributed by atoms with Crippen LogP contribution in [-0.2, 0) is 21.2 Å². The van der Waals surface area contributed by atoms with Crippen LogP contribution in [0.3, 0.4) is 0 Å². The Kier molecular flexibility index (Phi) is 8.07. The molecule has 0 radical (unpaired) electrons. The summed E-state index contributed by atoms with van der Waals surface area (Å²) in [5.74, 6) is 0.305. The minimum atomic E-state index is -4.10. The van der Waals surface area contributed by atoms with Crippen molar-refractivity contribution < 1.29 is 22.7 Å². The van der Waals surface area contributed by atoms with Gasteiger partial charge in [0.25, 0.3) is 10.0 Å². The van der Waals surface area contributed by atoms with Crippen molar-refractivity contribution >= 4 is 21.6 Å². The predicted octanol–water partition coefficient (Wildman–Crippen LogP) is 4.35. The molecule has 0 aliphatic rings. The molecule has 0 aliphatic carbocycles. The Labute approximate surface area is 207 Å². The number of benzene rings is 3. The van der Waals surface area contributed by atoms with Gasteiger partial charge in [-0.3, -0.25) is 9.10 Å². The van der Waals surface area contributed by atoms with Crippen LogP contribution in [-0.4, -0.2) is 40.6 Å². The second-order valence-corrected chi connectivity index (χ2v) is 10.8. The monoisotopic (exact) mass is 496 g/mol. The van der Waals surface area contributed by atoms with Crippen molar-refractivity contribution in [3.05, 3.63) is 83.9 Å². The van der Waals surface area contributed by atoms with Gasteiger partial charge < -0.3 is 14.8 Å². The summed E-state index contributed by atoms with van der Waals surface area (Å²) >= 11 is 0. The van der Waals surface area contributed by atoms with E-state index < -0.39 is 28.0 Å². The van der Waals surface area contributed by atoms with Crippen LogP contribution < -0.4 is 19.1 Å². The van der Waals surface area contributed by atoms with Crippen LogP contribution in [0.1, 0.15) is 25.0 Å². The Hall–Kier alpha value is -3.52. The maximum absolute atomic E-state index is 13.8. The topological polar surface area (TPSA) is 84.9 Å². The molecule has 0 saturated carbocycles. The zero-order valence-electron chi connectivity index (χ0n) is 20.7. The summed E-state index contributed by atoms with van der Waals surface area (Å²) in [6.45, 7) is 5.26. The van der Waals surface area contributed by atoms with Gasteiger partial charge >= 0.3 is 0 Å². The molecule has 186 valence electrons. The van der Waals surface area contributed by atoms with E-state index in [2.05, 4.69) is 5.32 Å². The fraction of sp³-hybridized carbons (Fsp3) is 0.296. The number of anilines is 1. The number of nitrogens with one attached hydrogen (secondary N) is 1. The molecule has 0 unspecified atom stereocenters. The van der Waals surface area contributed by atoms with Crippen LogP contribution >= 0.6 is 0 Å². The molecule has 0 heterocycles. The largest absolute Gasteiger partial charge is 0.497 e. The van der Waals surface area contributed by atoms with E-state index in [0.717, 1.165) is 15.4 Å². The number of methoxy groups -OCH3 is 2. The molecular formula is C27H32N2O5S. The smallest absolute Gasteiger partial charge is 0.264 e. The molecular weight excluding hydrogens is 464 g/mol. The molecule has 3 rings (SSSR count). The summed E-state index contributed by atoms with van der Waals surface area (Å²) in [5, 5.41) is 2.99. The molecule has 7 nitrogen and oxygen atoms in total. The molecule has 0 bridgehead atoms. The van der Waals surface area contributed by atoms with Crippen molar-refractivity contribution in [1.82, 2.24) is 5.32 Å². The lowest BCUT2D eigenvalue weighted by Crippen LogP contribution is -2.50. The van der Waals surface area contributed by atoms with Gasteiger partial charge in [0.1, 0.15) is 18.0 Å². The molecule has 0 fully saturated rings. The van der Waals surface area contributed by atoms with Gasteiger partial charge in [0.05, 0.1) is 24.8 Å². The molecule has 0 saturated heterocycles. The highest BCUT2D eigenvalue weighted by Gasteiger charge is 2.31. The molecule has 0 atom stereocenters. The number of hydrogen-bond acceptors (Lipinski definition) is 5. The van der Waals surface area contributed by atoms with Gasteiger partial charge in [0.2, 0.25) is 5.91 Å². The molecule has 3 aromatic rings. The first-order chi connectivity index (χ1) is 16.6. The molecule has 35 heavy (non-hydrogen) atoms. The Bertz CT molecular complexity index is 1260. The lowest BCUT2D eigenvalue weighted by atomic mass is 9.95. The number of nitrogens with zero attached hydrogens (tertiary/aromatic N) is 1. The fourth-order valence-electron chi connectivity index (χ4n) is 3.83. The maximum Gasteiger partial charge on any atom is 0.264 e. The Morgan fingerprint density at radius 1 is 0.943 bits per heavy atom. The van der Waals surface area contributed by atoms with Crippen molar-refractivity contribution in [3.8, 4) is 11.5 Å². The lowest BCUT2D eigenvalue weighted by Gasteiger charge is -2.30. The molecule has 0 spiro atoms. The van der Waals surface area contributed by atoms with Crippen molar-refractivity contribution in [2.24, 2.45) is 0 Å². The number of carbonyl (C=O) groups excluding carboxylic acids is 1. The third kappa shape index (κ3) is 6.54. The van der Waals surface area contributed by atoms with Crippen molar-refractivity contribution in [1.29, 1.82) is 0 Å². The first-order valence-corrected chi connectivity index (χ1v) is 12.7. The fourth-order valence-corrected chi connectivity index (χ4v) is 5.25. The van der Waals surface area contributed by atoms with Crippen molar-refractivity contribution in [3.63, 3.8) is 0 Å². The van der Waals surface area contributed by atoms with Crippen molar-refractivity contribution in [2.45, 2.75) is 37.6 Å². The summed E-state index contributed by atoms with van der Waals surface area (Å²) in [4.78, 5) is 13.3. The molecule has 0 aromatic heterocycles. The Balaban J connectivity index is 1.97. The quantitative estimate of drug-likeness (QED) is 0.451. The van der Waals surface area contributed by atoms with E-state index in [4.69, 9.17) is 9.47 Å². The first-order valence-electron chi connectivity index (χ1n) is 11.2. The minimum Gasteiger partial charge on any atom is -0.497 e. The summed E-state index contributed by atoms with van der Waals surface area (Å²) < 4.78 is 39.3. The average Bonchev–Trinajstić information content (AvgIpc) is 2.82. The van der Waals surface area contributed by atoms with Gasteiger partial charge in [0, 0.05) is 11.6 Å². The van der Waals surface area contributed by atoms with Crippen molar-refractivity contribution in [2.75, 3.05) is 25.1 Å². The molecule has 8 heteroatoms. The molecule has 1 amide bonds. The van der Waals surface area contributed by atoms with Gasteiger partial charge in [0.15, 0.2) is 0 Å². The minimum absolute atomic E-state index is 0.0734. The summed E-state index contributed by atoms with van der Waals surface area (Å²) in [7, 11) is -1.16. The standard InChI is InChI=1S/C27H32N2O5S/c1-20-11-14-23(15-12-20)35(31,32)29(24-17-22(33-4)13-16-25(24)34-5)19-26(30)28-27(2,3)18-21-9-7-6-8-10-21/h6-17H,18-19H2,1-5H3,(H,28,30). The normalized spacial score (nSPS) is 11.6. The van der Waals surface area contributed by atoms with Gasteiger partial charge in [-0.15, -0.1) is 0 Å². The van der Waals surface area contributed by atoms with E-state index in [1.807, 2.05) is 51.1 Å². The highest BCUT2D eigenvalue weighted by atomic mass is 32.2. The third-order valence-electron chi connectivity index (χ3n) is 5.52. The van der Waals surface area contributed by atoms with E-state index in [1.54, 1.807) is 30.3 Å². The van der Waals surface area contributed by atoms with Crippen LogP contribution in [0, 0.1) is 6.92 Å². The van der Waals surface area contributed by atoms with Gasteiger partial charge in [-0.2, -0.15) is 0 Å². The summed E-state index contributed by atoms with van der Waals surface area (Å²) in [6.07, 6.45) is 0.590. The predicted molar refractivity (Wildman–Crippen MR) is 138 cm³/mol. The number of aryl methyl sites for hydroxylation is 1. The second-order valence-electron chi connectivity index (χ2n) is 8.96. The maximum atomic E-state index is 13.8. The highest BCUT2D eigenvalue weighted by Crippen LogP contribution is 2.35. The first kappa shape index (κ1) is 26.1. The Morgan fingerprint density at radius 3 is 2.20 bits per heavy atom. The zero-order valence-corrected chi connectivity index (χ0v) is 21.6. The number of amides is 1. The molecule has 1 N–H and O–H groups in total. The van der Waals surface area contributed by atoms with Gasteiger partial charge in [-0.25, -0.2) is 8.42 Å². The number of ether oxygens (including phenoxy) is 2. The van der Waals surface area contributed by atoms with Crippen LogP contribution in [0.25, 0.3) is 0 Å².